The standard InChI is InChI=1S/C7H13N2/c1-4-6-9(2,3)7-5-8/h4H,1,6-7H2,2-3H3/q+1. The minimum Gasteiger partial charge on any atom is -0.313 e. The highest BCUT2D eigenvalue weighted by molar-refractivity contribution is 4.71. The summed E-state index contributed by atoms with van der Waals surface area (Å²) in [6.07, 6.45) is 1.83. The van der Waals surface area contributed by atoms with Crippen molar-refractivity contribution >= 4 is 0 Å². The maximum absolute atomic E-state index is 8.33. The molecule has 0 N–H and O–H groups in total. The molecule has 0 spiro atoms. The summed E-state index contributed by atoms with van der Waals surface area (Å²) < 4.78 is 0.708. The van der Waals surface area contributed by atoms with E-state index in [2.05, 4.69) is 12.6 Å². The smallest absolute Gasteiger partial charge is 0.166 e. The Labute approximate surface area is 56.6 Å². The van der Waals surface area contributed by atoms with Gasteiger partial charge < -0.3 is 4.48 Å². The first kappa shape index (κ1) is 8.19. The average Bonchev–Trinajstić information content (AvgIpc) is 1.64. The second-order valence-corrected chi connectivity index (χ2v) is 2.72. The van der Waals surface area contributed by atoms with Crippen molar-refractivity contribution in [2.45, 2.75) is 0 Å². The molecular formula is C7H13N2+. The molecule has 0 saturated heterocycles. The van der Waals surface area contributed by atoms with E-state index in [0.717, 1.165) is 6.54 Å². The van der Waals surface area contributed by atoms with Crippen molar-refractivity contribution in [3.05, 3.63) is 12.7 Å². The zero-order valence-corrected chi connectivity index (χ0v) is 6.09. The van der Waals surface area contributed by atoms with Crippen molar-refractivity contribution in [3.8, 4) is 6.07 Å². The molecular weight excluding hydrogens is 112 g/mol. The van der Waals surface area contributed by atoms with Crippen LogP contribution in [0.5, 0.6) is 0 Å². The van der Waals surface area contributed by atoms with Gasteiger partial charge in [0.25, 0.3) is 0 Å². The zero-order valence-electron chi connectivity index (χ0n) is 6.09. The van der Waals surface area contributed by atoms with Gasteiger partial charge in [-0.1, -0.05) is 6.58 Å². The fourth-order valence-corrected chi connectivity index (χ4v) is 0.605. The molecule has 0 aliphatic heterocycles. The Balaban J connectivity index is 3.73. The lowest BCUT2D eigenvalue weighted by atomic mass is 10.4. The Kier molecular flexibility index (Phi) is 2.97. The first-order valence-corrected chi connectivity index (χ1v) is 2.92. The first-order valence-electron chi connectivity index (χ1n) is 2.92. The van der Waals surface area contributed by atoms with Gasteiger partial charge in [0, 0.05) is 0 Å². The minimum absolute atomic E-state index is 0.548. The fourth-order valence-electron chi connectivity index (χ4n) is 0.605. The molecule has 0 radical (unpaired) electrons. The van der Waals surface area contributed by atoms with Gasteiger partial charge >= 0.3 is 0 Å². The number of nitrogens with zero attached hydrogens (tertiary/aromatic N) is 2. The summed E-state index contributed by atoms with van der Waals surface area (Å²) in [7, 11) is 4.01. The molecule has 0 aromatic carbocycles. The molecule has 0 bridgehead atoms. The van der Waals surface area contributed by atoms with Crippen LogP contribution in [-0.2, 0) is 0 Å². The van der Waals surface area contributed by atoms with Crippen LogP contribution in [0.25, 0.3) is 0 Å². The van der Waals surface area contributed by atoms with E-state index in [1.165, 1.54) is 0 Å². The van der Waals surface area contributed by atoms with Crippen LogP contribution in [0.1, 0.15) is 0 Å². The SMILES string of the molecule is C=CC[N+](C)(C)CC#N. The molecule has 0 rings (SSSR count). The highest BCUT2D eigenvalue weighted by atomic mass is 15.3. The predicted molar refractivity (Wildman–Crippen MR) is 37.7 cm³/mol. The van der Waals surface area contributed by atoms with Crippen molar-refractivity contribution < 1.29 is 4.48 Å². The number of likely N-dealkylation sites (N-methyl/N-ethyl adjacent to an activating group) is 1. The Morgan fingerprint density at radius 3 is 2.56 bits per heavy atom. The third kappa shape index (κ3) is 3.75. The van der Waals surface area contributed by atoms with E-state index < -0.39 is 0 Å². The summed E-state index contributed by atoms with van der Waals surface area (Å²) in [5.74, 6) is 0. The Morgan fingerprint density at radius 2 is 2.22 bits per heavy atom. The molecule has 0 fully saturated rings. The molecule has 0 atom stereocenters. The average molecular weight is 125 g/mol. The summed E-state index contributed by atoms with van der Waals surface area (Å²) in [6, 6.07) is 2.12. The van der Waals surface area contributed by atoms with Crippen LogP contribution in [0.4, 0.5) is 0 Å². The molecule has 0 heterocycles. The second-order valence-electron chi connectivity index (χ2n) is 2.72. The molecule has 9 heavy (non-hydrogen) atoms. The van der Waals surface area contributed by atoms with Crippen LogP contribution in [0.15, 0.2) is 12.7 Å². The molecule has 0 aliphatic carbocycles. The third-order valence-corrected chi connectivity index (χ3v) is 1.12. The third-order valence-electron chi connectivity index (χ3n) is 1.12. The van der Waals surface area contributed by atoms with E-state index in [-0.39, 0.29) is 0 Å². The highest BCUT2D eigenvalue weighted by Crippen LogP contribution is 1.93. The van der Waals surface area contributed by atoms with Crippen LogP contribution in [0.2, 0.25) is 0 Å². The second kappa shape index (κ2) is 3.26. The largest absolute Gasteiger partial charge is 0.313 e. The predicted octanol–water partition coefficient (Wildman–Crippen LogP) is 0.772. The Bertz CT molecular complexity index is 130. The topological polar surface area (TPSA) is 23.8 Å². The molecule has 0 amide bonds. The van der Waals surface area contributed by atoms with Crippen LogP contribution in [0, 0.1) is 11.3 Å². The highest BCUT2D eigenvalue weighted by Gasteiger charge is 2.09. The molecule has 2 heteroatoms. The summed E-state index contributed by atoms with van der Waals surface area (Å²) in [6.45, 7) is 5.01. The summed E-state index contributed by atoms with van der Waals surface area (Å²) >= 11 is 0. The van der Waals surface area contributed by atoms with Crippen LogP contribution >= 0.6 is 0 Å². The molecule has 0 aliphatic rings. The molecule has 0 aromatic heterocycles. The van der Waals surface area contributed by atoms with Gasteiger partial charge in [0.05, 0.1) is 20.6 Å². The Hall–Kier alpha value is -0.810. The van der Waals surface area contributed by atoms with E-state index in [9.17, 15) is 0 Å². The van der Waals surface area contributed by atoms with Crippen molar-refractivity contribution in [2.75, 3.05) is 27.2 Å². The molecule has 2 nitrogen and oxygen atoms in total. The number of rotatable bonds is 3. The van der Waals surface area contributed by atoms with E-state index >= 15 is 0 Å². The number of hydrogen-bond donors (Lipinski definition) is 0. The fraction of sp³-hybridized carbons (Fsp3) is 0.571. The van der Waals surface area contributed by atoms with Gasteiger partial charge in [-0.05, 0) is 6.08 Å². The van der Waals surface area contributed by atoms with Crippen molar-refractivity contribution in [2.24, 2.45) is 0 Å². The zero-order chi connectivity index (χ0) is 7.33. The van der Waals surface area contributed by atoms with Gasteiger partial charge in [-0.2, -0.15) is 5.26 Å². The maximum Gasteiger partial charge on any atom is 0.166 e. The van der Waals surface area contributed by atoms with Gasteiger partial charge in [0.2, 0.25) is 0 Å². The monoisotopic (exact) mass is 125 g/mol. The summed E-state index contributed by atoms with van der Waals surface area (Å²) in [5, 5.41) is 8.33. The lowest BCUT2D eigenvalue weighted by molar-refractivity contribution is -0.877. The minimum atomic E-state index is 0.548. The summed E-state index contributed by atoms with van der Waals surface area (Å²) in [5.41, 5.74) is 0. The lowest BCUT2D eigenvalue weighted by Crippen LogP contribution is -2.39. The van der Waals surface area contributed by atoms with Gasteiger partial charge in [0.1, 0.15) is 6.07 Å². The molecule has 0 saturated carbocycles. The molecule has 0 unspecified atom stereocenters. The van der Waals surface area contributed by atoms with E-state index in [4.69, 9.17) is 5.26 Å². The number of hydrogen-bond acceptors (Lipinski definition) is 1. The number of quaternary nitrogens is 1. The van der Waals surface area contributed by atoms with E-state index in [0.29, 0.717) is 11.0 Å². The van der Waals surface area contributed by atoms with Gasteiger partial charge in [0.15, 0.2) is 6.54 Å². The van der Waals surface area contributed by atoms with Crippen LogP contribution in [0.3, 0.4) is 0 Å². The van der Waals surface area contributed by atoms with Gasteiger partial charge in [-0.15, -0.1) is 0 Å². The first-order chi connectivity index (χ1) is 4.12. The lowest BCUT2D eigenvalue weighted by Gasteiger charge is -2.24. The van der Waals surface area contributed by atoms with Crippen LogP contribution in [-0.4, -0.2) is 31.7 Å². The number of nitriles is 1. The van der Waals surface area contributed by atoms with Crippen molar-refractivity contribution in [1.82, 2.24) is 0 Å². The normalized spacial score (nSPS) is 10.3. The Morgan fingerprint density at radius 1 is 1.67 bits per heavy atom. The van der Waals surface area contributed by atoms with Crippen molar-refractivity contribution in [3.63, 3.8) is 0 Å². The van der Waals surface area contributed by atoms with Crippen molar-refractivity contribution in [1.29, 1.82) is 5.26 Å². The van der Waals surface area contributed by atoms with Crippen LogP contribution < -0.4 is 0 Å². The van der Waals surface area contributed by atoms with E-state index in [1.807, 2.05) is 20.2 Å². The quantitative estimate of drug-likeness (QED) is 0.310. The van der Waals surface area contributed by atoms with E-state index in [1.54, 1.807) is 0 Å². The maximum atomic E-state index is 8.33. The molecule has 50 valence electrons. The van der Waals surface area contributed by atoms with Gasteiger partial charge in [-0.25, -0.2) is 0 Å². The van der Waals surface area contributed by atoms with Gasteiger partial charge in [-0.3, -0.25) is 0 Å². The summed E-state index contributed by atoms with van der Waals surface area (Å²) in [4.78, 5) is 0. The molecule has 0 aromatic rings.